The molecule has 0 fully saturated rings. The number of aromatic nitrogens is 1. The molecule has 1 aromatic heterocycles. The Kier molecular flexibility index (Phi) is 3.16. The van der Waals surface area contributed by atoms with Crippen LogP contribution in [0.1, 0.15) is 28.4 Å². The standard InChI is InChI=1S/C15H13N3O2/c19-14(18-13-7-3-4-8-16-13)9-12-10-5-1-2-6-11(10)15(20)17-12/h1-8,12H,9H2,(H,17,20)(H,16,18,19)/t12-/m1/s1. The largest absolute Gasteiger partial charge is 0.345 e. The SMILES string of the molecule is O=C(C[C@H]1NC(=O)c2ccccc21)Nc1ccccn1. The second-order valence-corrected chi connectivity index (χ2v) is 4.58. The molecule has 2 amide bonds. The summed E-state index contributed by atoms with van der Waals surface area (Å²) in [5.41, 5.74) is 1.51. The van der Waals surface area contributed by atoms with Crippen molar-refractivity contribution in [1.82, 2.24) is 10.3 Å². The molecule has 5 nitrogen and oxygen atoms in total. The fourth-order valence-corrected chi connectivity index (χ4v) is 2.30. The summed E-state index contributed by atoms with van der Waals surface area (Å²) in [4.78, 5) is 27.8. The van der Waals surface area contributed by atoms with Gasteiger partial charge in [-0.05, 0) is 23.8 Å². The first kappa shape index (κ1) is 12.3. The lowest BCUT2D eigenvalue weighted by atomic mass is 10.0. The van der Waals surface area contributed by atoms with Crippen molar-refractivity contribution in [2.45, 2.75) is 12.5 Å². The average molecular weight is 267 g/mol. The second kappa shape index (κ2) is 5.13. The van der Waals surface area contributed by atoms with Crippen molar-refractivity contribution in [1.29, 1.82) is 0 Å². The van der Waals surface area contributed by atoms with Crippen LogP contribution in [0.5, 0.6) is 0 Å². The van der Waals surface area contributed by atoms with Gasteiger partial charge >= 0.3 is 0 Å². The minimum Gasteiger partial charge on any atom is -0.345 e. The van der Waals surface area contributed by atoms with Gasteiger partial charge in [0.1, 0.15) is 5.82 Å². The van der Waals surface area contributed by atoms with E-state index in [0.29, 0.717) is 11.4 Å². The fraction of sp³-hybridized carbons (Fsp3) is 0.133. The Morgan fingerprint density at radius 3 is 2.80 bits per heavy atom. The van der Waals surface area contributed by atoms with E-state index in [4.69, 9.17) is 0 Å². The van der Waals surface area contributed by atoms with Crippen molar-refractivity contribution < 1.29 is 9.59 Å². The van der Waals surface area contributed by atoms with Gasteiger partial charge < -0.3 is 10.6 Å². The summed E-state index contributed by atoms with van der Waals surface area (Å²) >= 11 is 0. The van der Waals surface area contributed by atoms with Crippen LogP contribution in [0.4, 0.5) is 5.82 Å². The van der Waals surface area contributed by atoms with Gasteiger partial charge in [-0.15, -0.1) is 0 Å². The Hall–Kier alpha value is -2.69. The molecule has 3 rings (SSSR count). The van der Waals surface area contributed by atoms with Crippen LogP contribution in [0.2, 0.25) is 0 Å². The number of benzene rings is 1. The minimum absolute atomic E-state index is 0.128. The summed E-state index contributed by atoms with van der Waals surface area (Å²) in [5, 5.41) is 5.53. The van der Waals surface area contributed by atoms with Crippen LogP contribution in [-0.4, -0.2) is 16.8 Å². The van der Waals surface area contributed by atoms with Gasteiger partial charge in [-0.2, -0.15) is 0 Å². The lowest BCUT2D eigenvalue weighted by Gasteiger charge is -2.11. The van der Waals surface area contributed by atoms with Crippen molar-refractivity contribution >= 4 is 17.6 Å². The van der Waals surface area contributed by atoms with Crippen molar-refractivity contribution in [3.63, 3.8) is 0 Å². The maximum atomic E-state index is 12.0. The predicted molar refractivity (Wildman–Crippen MR) is 74.1 cm³/mol. The van der Waals surface area contributed by atoms with Crippen molar-refractivity contribution in [2.24, 2.45) is 0 Å². The van der Waals surface area contributed by atoms with Gasteiger partial charge in [0.2, 0.25) is 5.91 Å². The Morgan fingerprint density at radius 2 is 2.00 bits per heavy atom. The Labute approximate surface area is 116 Å². The molecule has 20 heavy (non-hydrogen) atoms. The number of hydrogen-bond donors (Lipinski definition) is 2. The molecule has 0 saturated carbocycles. The zero-order valence-electron chi connectivity index (χ0n) is 10.7. The highest BCUT2D eigenvalue weighted by Crippen LogP contribution is 2.27. The van der Waals surface area contributed by atoms with Crippen LogP contribution in [0, 0.1) is 0 Å². The summed E-state index contributed by atoms with van der Waals surface area (Å²) in [6.07, 6.45) is 1.81. The molecule has 2 N–H and O–H groups in total. The number of anilines is 1. The first-order valence-electron chi connectivity index (χ1n) is 6.35. The third kappa shape index (κ3) is 2.38. The number of fused-ring (bicyclic) bond motifs is 1. The maximum Gasteiger partial charge on any atom is 0.252 e. The third-order valence-corrected chi connectivity index (χ3v) is 3.21. The molecular weight excluding hydrogens is 254 g/mol. The van der Waals surface area contributed by atoms with Gasteiger partial charge in [0.05, 0.1) is 12.5 Å². The molecule has 1 aliphatic rings. The molecule has 0 saturated heterocycles. The number of carbonyl (C=O) groups is 2. The quantitative estimate of drug-likeness (QED) is 0.892. The van der Waals surface area contributed by atoms with Gasteiger partial charge in [-0.1, -0.05) is 24.3 Å². The van der Waals surface area contributed by atoms with E-state index < -0.39 is 0 Å². The Morgan fingerprint density at radius 1 is 1.20 bits per heavy atom. The zero-order valence-corrected chi connectivity index (χ0v) is 10.7. The van der Waals surface area contributed by atoms with Crippen molar-refractivity contribution in [3.05, 3.63) is 59.8 Å². The van der Waals surface area contributed by atoms with E-state index in [1.54, 1.807) is 30.5 Å². The number of nitrogens with zero attached hydrogens (tertiary/aromatic N) is 1. The highest BCUT2D eigenvalue weighted by molar-refractivity contribution is 6.00. The molecule has 1 atom stereocenters. The van der Waals surface area contributed by atoms with Gasteiger partial charge in [0.15, 0.2) is 0 Å². The monoisotopic (exact) mass is 267 g/mol. The highest BCUT2D eigenvalue weighted by atomic mass is 16.2. The summed E-state index contributed by atoms with van der Waals surface area (Å²) in [6.45, 7) is 0. The van der Waals surface area contributed by atoms with E-state index in [-0.39, 0.29) is 24.3 Å². The lowest BCUT2D eigenvalue weighted by molar-refractivity contribution is -0.116. The van der Waals surface area contributed by atoms with Crippen LogP contribution in [0.3, 0.4) is 0 Å². The van der Waals surface area contributed by atoms with E-state index in [1.807, 2.05) is 18.2 Å². The minimum atomic E-state index is -0.276. The lowest BCUT2D eigenvalue weighted by Crippen LogP contribution is -2.24. The highest BCUT2D eigenvalue weighted by Gasteiger charge is 2.29. The molecule has 2 heterocycles. The van der Waals surface area contributed by atoms with Gasteiger partial charge in [0.25, 0.3) is 5.91 Å². The van der Waals surface area contributed by atoms with Crippen molar-refractivity contribution in [3.8, 4) is 0 Å². The summed E-state index contributed by atoms with van der Waals surface area (Å²) in [6, 6.07) is 12.3. The molecule has 0 aliphatic carbocycles. The number of hydrogen-bond acceptors (Lipinski definition) is 3. The Balaban J connectivity index is 1.70. The van der Waals surface area contributed by atoms with Crippen LogP contribution >= 0.6 is 0 Å². The van der Waals surface area contributed by atoms with Crippen LogP contribution in [-0.2, 0) is 4.79 Å². The molecule has 0 bridgehead atoms. The topological polar surface area (TPSA) is 71.1 Å². The normalized spacial score (nSPS) is 16.4. The third-order valence-electron chi connectivity index (χ3n) is 3.21. The summed E-state index contributed by atoms with van der Waals surface area (Å²) in [7, 11) is 0. The average Bonchev–Trinajstić information content (AvgIpc) is 2.77. The molecule has 0 radical (unpaired) electrons. The van der Waals surface area contributed by atoms with E-state index in [9.17, 15) is 9.59 Å². The number of nitrogens with one attached hydrogen (secondary N) is 2. The van der Waals surface area contributed by atoms with Crippen LogP contribution in [0.25, 0.3) is 0 Å². The number of rotatable bonds is 3. The van der Waals surface area contributed by atoms with Crippen LogP contribution < -0.4 is 10.6 Å². The Bertz CT molecular complexity index is 655. The second-order valence-electron chi connectivity index (χ2n) is 4.58. The molecule has 2 aromatic rings. The maximum absolute atomic E-state index is 12.0. The predicted octanol–water partition coefficient (Wildman–Crippen LogP) is 1.89. The molecule has 1 aromatic carbocycles. The number of carbonyl (C=O) groups excluding carboxylic acids is 2. The first-order valence-corrected chi connectivity index (χ1v) is 6.35. The molecule has 1 aliphatic heterocycles. The molecule has 0 unspecified atom stereocenters. The molecule has 100 valence electrons. The smallest absolute Gasteiger partial charge is 0.252 e. The first-order chi connectivity index (χ1) is 9.74. The summed E-state index contributed by atoms with van der Waals surface area (Å²) in [5.74, 6) is 0.206. The molecule has 0 spiro atoms. The van der Waals surface area contributed by atoms with E-state index >= 15 is 0 Å². The van der Waals surface area contributed by atoms with E-state index in [2.05, 4.69) is 15.6 Å². The van der Waals surface area contributed by atoms with Gasteiger partial charge in [-0.25, -0.2) is 4.98 Å². The zero-order chi connectivity index (χ0) is 13.9. The number of pyridine rings is 1. The van der Waals surface area contributed by atoms with E-state index in [1.165, 1.54) is 0 Å². The molecule has 5 heteroatoms. The van der Waals surface area contributed by atoms with Gasteiger partial charge in [-0.3, -0.25) is 9.59 Å². The van der Waals surface area contributed by atoms with Crippen molar-refractivity contribution in [2.75, 3.05) is 5.32 Å². The summed E-state index contributed by atoms with van der Waals surface area (Å²) < 4.78 is 0. The van der Waals surface area contributed by atoms with Crippen LogP contribution in [0.15, 0.2) is 48.7 Å². The van der Waals surface area contributed by atoms with E-state index in [0.717, 1.165) is 5.56 Å². The van der Waals surface area contributed by atoms with Gasteiger partial charge in [0, 0.05) is 11.8 Å². The fourth-order valence-electron chi connectivity index (χ4n) is 2.30. The number of amides is 2. The molecular formula is C15H13N3O2.